The molecule has 0 aliphatic heterocycles. The summed E-state index contributed by atoms with van der Waals surface area (Å²) in [6.45, 7) is 1.96. The Hall–Kier alpha value is -1.69. The number of hydrogen-bond acceptors (Lipinski definition) is 4. The van der Waals surface area contributed by atoms with Gasteiger partial charge in [0, 0.05) is 25.7 Å². The number of rotatable bonds is 5. The third kappa shape index (κ3) is 3.39. The van der Waals surface area contributed by atoms with Crippen molar-refractivity contribution >= 4 is 28.9 Å². The average molecular weight is 252 g/mol. The van der Waals surface area contributed by atoms with E-state index < -0.39 is 5.91 Å². The van der Waals surface area contributed by atoms with Crippen LogP contribution in [0.3, 0.4) is 0 Å². The monoisotopic (exact) mass is 252 g/mol. The Morgan fingerprint density at radius 3 is 2.76 bits per heavy atom. The van der Waals surface area contributed by atoms with Gasteiger partial charge in [-0.05, 0) is 19.1 Å². The third-order valence-electron chi connectivity index (χ3n) is 2.54. The second-order valence-electron chi connectivity index (χ2n) is 3.87. The molecule has 1 aromatic rings. The number of nitrogens with two attached hydrogens (primary N) is 2. The Kier molecular flexibility index (Phi) is 4.39. The van der Waals surface area contributed by atoms with E-state index in [0.717, 1.165) is 0 Å². The summed E-state index contributed by atoms with van der Waals surface area (Å²) in [6.07, 6.45) is 2.17. The van der Waals surface area contributed by atoms with E-state index in [2.05, 4.69) is 4.98 Å². The zero-order chi connectivity index (χ0) is 13.0. The van der Waals surface area contributed by atoms with Crippen molar-refractivity contribution in [2.45, 2.75) is 19.4 Å². The topological polar surface area (TPSA) is 85.2 Å². The zero-order valence-electron chi connectivity index (χ0n) is 9.88. The van der Waals surface area contributed by atoms with Crippen LogP contribution in [0.25, 0.3) is 0 Å². The Balaban J connectivity index is 2.99. The number of thiocarbonyl (C=S) groups is 1. The van der Waals surface area contributed by atoms with Crippen LogP contribution in [0.2, 0.25) is 0 Å². The summed E-state index contributed by atoms with van der Waals surface area (Å²) in [5, 5.41) is 0. The smallest absolute Gasteiger partial charge is 0.252 e. The van der Waals surface area contributed by atoms with Crippen molar-refractivity contribution in [3.8, 4) is 0 Å². The van der Waals surface area contributed by atoms with Crippen molar-refractivity contribution in [1.82, 2.24) is 4.98 Å². The Morgan fingerprint density at radius 2 is 2.24 bits per heavy atom. The van der Waals surface area contributed by atoms with Crippen molar-refractivity contribution in [3.05, 3.63) is 23.9 Å². The molecule has 4 N–H and O–H groups in total. The maximum atomic E-state index is 11.3. The molecule has 1 atom stereocenters. The lowest BCUT2D eigenvalue weighted by Gasteiger charge is -2.26. The minimum absolute atomic E-state index is 0.0560. The van der Waals surface area contributed by atoms with Gasteiger partial charge in [0.1, 0.15) is 5.82 Å². The minimum Gasteiger partial charge on any atom is -0.393 e. The van der Waals surface area contributed by atoms with E-state index >= 15 is 0 Å². The van der Waals surface area contributed by atoms with Crippen LogP contribution in [0.15, 0.2) is 18.3 Å². The molecule has 0 aliphatic carbocycles. The van der Waals surface area contributed by atoms with E-state index in [1.54, 1.807) is 18.3 Å². The summed E-state index contributed by atoms with van der Waals surface area (Å²) in [6, 6.07) is 3.38. The Bertz CT molecular complexity index is 435. The minimum atomic E-state index is -0.498. The fraction of sp³-hybridized carbons (Fsp3) is 0.364. The first-order valence-electron chi connectivity index (χ1n) is 5.19. The largest absolute Gasteiger partial charge is 0.393 e. The molecule has 0 saturated heterocycles. The number of nitrogens with zero attached hydrogens (tertiary/aromatic N) is 2. The SMILES string of the molecule is CC(CC(N)=S)N(C)c1ncccc1C(N)=O. The molecule has 1 heterocycles. The van der Waals surface area contributed by atoms with Crippen LogP contribution in [0, 0.1) is 0 Å². The van der Waals surface area contributed by atoms with Gasteiger partial charge in [0.2, 0.25) is 0 Å². The van der Waals surface area contributed by atoms with Crippen molar-refractivity contribution in [3.63, 3.8) is 0 Å². The number of primary amides is 1. The van der Waals surface area contributed by atoms with E-state index in [0.29, 0.717) is 22.8 Å². The molecule has 92 valence electrons. The van der Waals surface area contributed by atoms with Crippen LogP contribution in [0.5, 0.6) is 0 Å². The molecule has 0 spiro atoms. The van der Waals surface area contributed by atoms with E-state index in [4.69, 9.17) is 23.7 Å². The standard InChI is InChI=1S/C11H16N4OS/c1-7(6-9(12)17)15(2)11-8(10(13)16)4-3-5-14-11/h3-5,7H,6H2,1-2H3,(H2,12,17)(H2,13,16). The molecule has 0 fully saturated rings. The van der Waals surface area contributed by atoms with Gasteiger partial charge in [-0.25, -0.2) is 4.98 Å². The average Bonchev–Trinajstić information content (AvgIpc) is 2.27. The maximum absolute atomic E-state index is 11.3. The fourth-order valence-electron chi connectivity index (χ4n) is 1.51. The number of carbonyl (C=O) groups is 1. The van der Waals surface area contributed by atoms with Gasteiger partial charge < -0.3 is 16.4 Å². The van der Waals surface area contributed by atoms with Gasteiger partial charge in [-0.2, -0.15) is 0 Å². The fourth-order valence-corrected chi connectivity index (χ4v) is 1.75. The first-order chi connectivity index (χ1) is 7.93. The lowest BCUT2D eigenvalue weighted by molar-refractivity contribution is 0.100. The molecule has 1 aromatic heterocycles. The highest BCUT2D eigenvalue weighted by atomic mass is 32.1. The maximum Gasteiger partial charge on any atom is 0.252 e. The van der Waals surface area contributed by atoms with Gasteiger partial charge in [0.25, 0.3) is 5.91 Å². The highest BCUT2D eigenvalue weighted by molar-refractivity contribution is 7.80. The van der Waals surface area contributed by atoms with Gasteiger partial charge in [-0.1, -0.05) is 12.2 Å². The van der Waals surface area contributed by atoms with Gasteiger partial charge >= 0.3 is 0 Å². The lowest BCUT2D eigenvalue weighted by Crippen LogP contribution is -2.34. The summed E-state index contributed by atoms with van der Waals surface area (Å²) >= 11 is 4.86. The lowest BCUT2D eigenvalue weighted by atomic mass is 10.1. The second kappa shape index (κ2) is 5.58. The number of hydrogen-bond donors (Lipinski definition) is 2. The molecule has 0 aromatic carbocycles. The summed E-state index contributed by atoms with van der Waals surface area (Å²) in [5.74, 6) is 0.0474. The molecule has 5 nitrogen and oxygen atoms in total. The van der Waals surface area contributed by atoms with Gasteiger partial charge in [0.15, 0.2) is 0 Å². The molecule has 1 unspecified atom stereocenters. The summed E-state index contributed by atoms with van der Waals surface area (Å²) in [7, 11) is 1.83. The van der Waals surface area contributed by atoms with Crippen LogP contribution in [-0.4, -0.2) is 29.0 Å². The molecule has 0 saturated carbocycles. The summed E-state index contributed by atoms with van der Waals surface area (Å²) in [5.41, 5.74) is 11.2. The molecule has 0 radical (unpaired) electrons. The van der Waals surface area contributed by atoms with Crippen molar-refractivity contribution in [2.75, 3.05) is 11.9 Å². The van der Waals surface area contributed by atoms with Crippen LogP contribution in [-0.2, 0) is 0 Å². The van der Waals surface area contributed by atoms with Crippen molar-refractivity contribution < 1.29 is 4.79 Å². The van der Waals surface area contributed by atoms with E-state index in [1.165, 1.54) is 0 Å². The van der Waals surface area contributed by atoms with Gasteiger partial charge in [0.05, 0.1) is 10.6 Å². The van der Waals surface area contributed by atoms with Crippen LogP contribution in [0.4, 0.5) is 5.82 Å². The predicted molar refractivity (Wildman–Crippen MR) is 72.0 cm³/mol. The zero-order valence-corrected chi connectivity index (χ0v) is 10.7. The van der Waals surface area contributed by atoms with Crippen LogP contribution in [0.1, 0.15) is 23.7 Å². The molecule has 0 bridgehead atoms. The normalized spacial score (nSPS) is 11.9. The molecule has 0 aliphatic rings. The summed E-state index contributed by atoms with van der Waals surface area (Å²) in [4.78, 5) is 17.7. The predicted octanol–water partition coefficient (Wildman–Crippen LogP) is 0.681. The summed E-state index contributed by atoms with van der Waals surface area (Å²) < 4.78 is 0. The molecular formula is C11H16N4OS. The van der Waals surface area contributed by atoms with E-state index in [-0.39, 0.29) is 6.04 Å². The molecule has 1 rings (SSSR count). The Morgan fingerprint density at radius 1 is 1.59 bits per heavy atom. The first-order valence-corrected chi connectivity index (χ1v) is 5.60. The number of pyridine rings is 1. The quantitative estimate of drug-likeness (QED) is 0.753. The molecular weight excluding hydrogens is 236 g/mol. The second-order valence-corrected chi connectivity index (χ2v) is 4.39. The van der Waals surface area contributed by atoms with Crippen LogP contribution >= 0.6 is 12.2 Å². The molecule has 6 heteroatoms. The van der Waals surface area contributed by atoms with Gasteiger partial charge in [-0.15, -0.1) is 0 Å². The number of aromatic nitrogens is 1. The third-order valence-corrected chi connectivity index (χ3v) is 2.71. The highest BCUT2D eigenvalue weighted by Gasteiger charge is 2.17. The van der Waals surface area contributed by atoms with E-state index in [1.807, 2.05) is 18.9 Å². The molecule has 17 heavy (non-hydrogen) atoms. The number of carbonyl (C=O) groups excluding carboxylic acids is 1. The van der Waals surface area contributed by atoms with E-state index in [9.17, 15) is 4.79 Å². The highest BCUT2D eigenvalue weighted by Crippen LogP contribution is 2.18. The van der Waals surface area contributed by atoms with Crippen molar-refractivity contribution in [2.24, 2.45) is 11.5 Å². The van der Waals surface area contributed by atoms with Crippen molar-refractivity contribution in [1.29, 1.82) is 0 Å². The van der Waals surface area contributed by atoms with Gasteiger partial charge in [-0.3, -0.25) is 4.79 Å². The Labute approximate surface area is 106 Å². The molecule has 1 amide bonds. The first kappa shape index (κ1) is 13.4. The number of anilines is 1. The van der Waals surface area contributed by atoms with Crippen LogP contribution < -0.4 is 16.4 Å². The number of amides is 1.